The molecule has 1 saturated heterocycles. The van der Waals surface area contributed by atoms with E-state index in [1.807, 2.05) is 24.0 Å². The van der Waals surface area contributed by atoms with Crippen LogP contribution in [0.15, 0.2) is 12.4 Å². The third kappa shape index (κ3) is 4.84. The van der Waals surface area contributed by atoms with E-state index in [2.05, 4.69) is 20.5 Å². The van der Waals surface area contributed by atoms with Gasteiger partial charge in [-0.3, -0.25) is 14.5 Å². The number of rotatable bonds is 6. The molecule has 7 heteroatoms. The Morgan fingerprint density at radius 2 is 1.95 bits per heavy atom. The SMILES string of the molecule is CC(=O)NCCNC(=O)C1CCN(Cc2nccn2C)CC1. The number of nitrogens with one attached hydrogen (secondary N) is 2. The summed E-state index contributed by atoms with van der Waals surface area (Å²) in [7, 11) is 2.00. The molecule has 0 bridgehead atoms. The second-order valence-corrected chi connectivity index (χ2v) is 5.78. The van der Waals surface area contributed by atoms with Crippen molar-refractivity contribution in [3.8, 4) is 0 Å². The summed E-state index contributed by atoms with van der Waals surface area (Å²) in [5.74, 6) is 1.16. The van der Waals surface area contributed by atoms with Crippen LogP contribution in [0.25, 0.3) is 0 Å². The molecule has 1 aliphatic rings. The molecule has 1 fully saturated rings. The first kappa shape index (κ1) is 16.5. The summed E-state index contributed by atoms with van der Waals surface area (Å²) in [6.07, 6.45) is 5.50. The Hall–Kier alpha value is -1.89. The van der Waals surface area contributed by atoms with Crippen molar-refractivity contribution >= 4 is 11.8 Å². The predicted molar refractivity (Wildman–Crippen MR) is 82.9 cm³/mol. The van der Waals surface area contributed by atoms with Crippen molar-refractivity contribution in [2.75, 3.05) is 26.2 Å². The number of nitrogens with zero attached hydrogens (tertiary/aromatic N) is 3. The van der Waals surface area contributed by atoms with Crippen molar-refractivity contribution < 1.29 is 9.59 Å². The second kappa shape index (κ2) is 7.93. The molecule has 1 aliphatic heterocycles. The van der Waals surface area contributed by atoms with Gasteiger partial charge in [-0.2, -0.15) is 0 Å². The molecule has 2 rings (SSSR count). The Bertz CT molecular complexity index is 506. The minimum Gasteiger partial charge on any atom is -0.355 e. The molecule has 2 amide bonds. The maximum absolute atomic E-state index is 12.1. The standard InChI is InChI=1S/C15H25N5O2/c1-12(21)16-5-6-18-15(22)13-3-8-20(9-4-13)11-14-17-7-10-19(14)2/h7,10,13H,3-6,8-9,11H2,1-2H3,(H,16,21)(H,18,22). The highest BCUT2D eigenvalue weighted by atomic mass is 16.2. The quantitative estimate of drug-likeness (QED) is 0.719. The lowest BCUT2D eigenvalue weighted by molar-refractivity contribution is -0.126. The van der Waals surface area contributed by atoms with Crippen LogP contribution in [0.5, 0.6) is 0 Å². The minimum atomic E-state index is -0.0724. The lowest BCUT2D eigenvalue weighted by Crippen LogP contribution is -2.42. The van der Waals surface area contributed by atoms with Crippen molar-refractivity contribution in [3.63, 3.8) is 0 Å². The number of piperidine rings is 1. The Labute approximate surface area is 131 Å². The molecule has 122 valence electrons. The Kier molecular flexibility index (Phi) is 5.94. The van der Waals surface area contributed by atoms with Crippen LogP contribution in [-0.4, -0.2) is 52.4 Å². The molecular weight excluding hydrogens is 282 g/mol. The van der Waals surface area contributed by atoms with Gasteiger partial charge in [-0.05, 0) is 25.9 Å². The van der Waals surface area contributed by atoms with Crippen molar-refractivity contribution in [1.29, 1.82) is 0 Å². The van der Waals surface area contributed by atoms with Gasteiger partial charge in [0.25, 0.3) is 0 Å². The first-order valence-electron chi connectivity index (χ1n) is 7.77. The van der Waals surface area contributed by atoms with E-state index < -0.39 is 0 Å². The van der Waals surface area contributed by atoms with Crippen LogP contribution in [0.2, 0.25) is 0 Å². The van der Waals surface area contributed by atoms with E-state index in [9.17, 15) is 9.59 Å². The topological polar surface area (TPSA) is 79.3 Å². The van der Waals surface area contributed by atoms with Crippen molar-refractivity contribution in [1.82, 2.24) is 25.1 Å². The van der Waals surface area contributed by atoms with Gasteiger partial charge in [-0.25, -0.2) is 4.98 Å². The van der Waals surface area contributed by atoms with Gasteiger partial charge >= 0.3 is 0 Å². The van der Waals surface area contributed by atoms with E-state index in [4.69, 9.17) is 0 Å². The lowest BCUT2D eigenvalue weighted by Gasteiger charge is -2.30. The zero-order chi connectivity index (χ0) is 15.9. The van der Waals surface area contributed by atoms with E-state index in [0.29, 0.717) is 13.1 Å². The van der Waals surface area contributed by atoms with Crippen molar-refractivity contribution in [2.45, 2.75) is 26.3 Å². The molecule has 0 aliphatic carbocycles. The Balaban J connectivity index is 1.67. The first-order valence-corrected chi connectivity index (χ1v) is 7.77. The lowest BCUT2D eigenvalue weighted by atomic mass is 9.96. The molecule has 2 N–H and O–H groups in total. The zero-order valence-electron chi connectivity index (χ0n) is 13.3. The maximum Gasteiger partial charge on any atom is 0.223 e. The van der Waals surface area contributed by atoms with Gasteiger partial charge in [0.05, 0.1) is 6.54 Å². The van der Waals surface area contributed by atoms with E-state index in [1.54, 1.807) is 0 Å². The summed E-state index contributed by atoms with van der Waals surface area (Å²) in [5, 5.41) is 5.56. The molecule has 22 heavy (non-hydrogen) atoms. The van der Waals surface area contributed by atoms with Gasteiger partial charge in [0, 0.05) is 45.4 Å². The third-order valence-electron chi connectivity index (χ3n) is 4.04. The summed E-state index contributed by atoms with van der Waals surface area (Å²) in [5.41, 5.74) is 0. The molecule has 0 saturated carbocycles. The second-order valence-electron chi connectivity index (χ2n) is 5.78. The number of hydrogen-bond donors (Lipinski definition) is 2. The molecule has 0 atom stereocenters. The fourth-order valence-corrected chi connectivity index (χ4v) is 2.67. The van der Waals surface area contributed by atoms with Crippen molar-refractivity contribution in [3.05, 3.63) is 18.2 Å². The molecule has 7 nitrogen and oxygen atoms in total. The highest BCUT2D eigenvalue weighted by molar-refractivity contribution is 5.78. The third-order valence-corrected chi connectivity index (χ3v) is 4.04. The largest absolute Gasteiger partial charge is 0.355 e. The number of carbonyl (C=O) groups is 2. The summed E-state index contributed by atoms with van der Waals surface area (Å²) in [4.78, 5) is 29.5. The molecule has 0 unspecified atom stereocenters. The number of aromatic nitrogens is 2. The van der Waals surface area contributed by atoms with Crippen LogP contribution < -0.4 is 10.6 Å². The van der Waals surface area contributed by atoms with E-state index in [-0.39, 0.29) is 17.7 Å². The summed E-state index contributed by atoms with van der Waals surface area (Å²) >= 11 is 0. The summed E-state index contributed by atoms with van der Waals surface area (Å²) in [6.45, 7) is 5.11. The number of amides is 2. The minimum absolute atomic E-state index is 0.0724. The van der Waals surface area contributed by atoms with Crippen LogP contribution in [0.4, 0.5) is 0 Å². The van der Waals surface area contributed by atoms with E-state index in [0.717, 1.165) is 38.3 Å². The van der Waals surface area contributed by atoms with Crippen LogP contribution in [0.3, 0.4) is 0 Å². The molecule has 0 spiro atoms. The summed E-state index contributed by atoms with van der Waals surface area (Å²) in [6, 6.07) is 0. The van der Waals surface area contributed by atoms with Crippen LogP contribution in [0, 0.1) is 5.92 Å². The number of likely N-dealkylation sites (tertiary alicyclic amines) is 1. The Morgan fingerprint density at radius 1 is 1.27 bits per heavy atom. The fourth-order valence-electron chi connectivity index (χ4n) is 2.67. The Morgan fingerprint density at radius 3 is 2.55 bits per heavy atom. The highest BCUT2D eigenvalue weighted by Gasteiger charge is 2.25. The fraction of sp³-hybridized carbons (Fsp3) is 0.667. The molecule has 1 aromatic heterocycles. The van der Waals surface area contributed by atoms with Crippen LogP contribution >= 0.6 is 0 Å². The molecule has 0 radical (unpaired) electrons. The smallest absolute Gasteiger partial charge is 0.223 e. The van der Waals surface area contributed by atoms with E-state index in [1.165, 1.54) is 6.92 Å². The van der Waals surface area contributed by atoms with Crippen molar-refractivity contribution in [2.24, 2.45) is 13.0 Å². The maximum atomic E-state index is 12.1. The molecule has 1 aromatic rings. The van der Waals surface area contributed by atoms with Gasteiger partial charge in [0.1, 0.15) is 5.82 Å². The number of aryl methyl sites for hydroxylation is 1. The average molecular weight is 307 g/mol. The van der Waals surface area contributed by atoms with Gasteiger partial charge in [-0.15, -0.1) is 0 Å². The number of imidazole rings is 1. The normalized spacial score (nSPS) is 16.5. The van der Waals surface area contributed by atoms with Gasteiger partial charge in [0.15, 0.2) is 0 Å². The van der Waals surface area contributed by atoms with Gasteiger partial charge in [-0.1, -0.05) is 0 Å². The molecule has 0 aromatic carbocycles. The number of hydrogen-bond acceptors (Lipinski definition) is 4. The average Bonchev–Trinajstić information content (AvgIpc) is 2.89. The summed E-state index contributed by atoms with van der Waals surface area (Å²) < 4.78 is 2.03. The monoisotopic (exact) mass is 307 g/mol. The highest BCUT2D eigenvalue weighted by Crippen LogP contribution is 2.18. The molecular formula is C15H25N5O2. The predicted octanol–water partition coefficient (Wildman–Crippen LogP) is -0.116. The van der Waals surface area contributed by atoms with Gasteiger partial charge in [0.2, 0.25) is 11.8 Å². The van der Waals surface area contributed by atoms with Gasteiger partial charge < -0.3 is 15.2 Å². The zero-order valence-corrected chi connectivity index (χ0v) is 13.3. The number of carbonyl (C=O) groups excluding carboxylic acids is 2. The first-order chi connectivity index (χ1) is 10.6. The van der Waals surface area contributed by atoms with E-state index >= 15 is 0 Å². The van der Waals surface area contributed by atoms with Crippen LogP contribution in [-0.2, 0) is 23.2 Å². The van der Waals surface area contributed by atoms with Crippen LogP contribution in [0.1, 0.15) is 25.6 Å². The molecule has 2 heterocycles.